The lowest BCUT2D eigenvalue weighted by Gasteiger charge is -2.48. The van der Waals surface area contributed by atoms with E-state index in [0.29, 0.717) is 18.0 Å². The van der Waals surface area contributed by atoms with E-state index in [-0.39, 0.29) is 42.7 Å². The number of guanidine groups is 1. The molecule has 2 fully saturated rings. The van der Waals surface area contributed by atoms with Crippen molar-refractivity contribution in [2.24, 2.45) is 4.99 Å². The van der Waals surface area contributed by atoms with Crippen LogP contribution in [0.25, 0.3) is 0 Å². The van der Waals surface area contributed by atoms with Gasteiger partial charge in [-0.15, -0.1) is 24.0 Å². The van der Waals surface area contributed by atoms with Gasteiger partial charge in [-0.2, -0.15) is 0 Å². The van der Waals surface area contributed by atoms with Gasteiger partial charge < -0.3 is 25.2 Å². The van der Waals surface area contributed by atoms with Gasteiger partial charge in [0, 0.05) is 18.6 Å². The molecule has 7 nitrogen and oxygen atoms in total. The number of likely N-dealkylation sites (tertiary alicyclic amines) is 1. The van der Waals surface area contributed by atoms with Gasteiger partial charge in [0.05, 0.1) is 20.3 Å². The van der Waals surface area contributed by atoms with Crippen LogP contribution < -0.4 is 20.1 Å². The highest BCUT2D eigenvalue weighted by Gasteiger charge is 2.38. The van der Waals surface area contributed by atoms with E-state index in [1.807, 2.05) is 18.2 Å². The Morgan fingerprint density at radius 1 is 1.06 bits per heavy atom. The number of nitrogens with zero attached hydrogens (tertiary/aromatic N) is 2. The van der Waals surface area contributed by atoms with E-state index in [1.165, 1.54) is 64.5 Å². The van der Waals surface area contributed by atoms with Crippen molar-refractivity contribution >= 4 is 29.9 Å². The molecule has 3 rings (SSSR count). The van der Waals surface area contributed by atoms with Gasteiger partial charge in [0.2, 0.25) is 0 Å². The van der Waals surface area contributed by atoms with Gasteiger partial charge in [-0.05, 0) is 63.4 Å². The van der Waals surface area contributed by atoms with Crippen LogP contribution in [0.3, 0.4) is 0 Å². The molecule has 0 atom stereocenters. The van der Waals surface area contributed by atoms with Crippen molar-refractivity contribution in [3.8, 4) is 11.5 Å². The Morgan fingerprint density at radius 3 is 2.45 bits per heavy atom. The Morgan fingerprint density at radius 2 is 1.79 bits per heavy atom. The number of hydrogen-bond acceptors (Lipinski definition) is 5. The third kappa shape index (κ3) is 8.17. The number of halogens is 1. The molecule has 1 saturated heterocycles. The van der Waals surface area contributed by atoms with Crippen LogP contribution in [0.5, 0.6) is 11.5 Å². The summed E-state index contributed by atoms with van der Waals surface area (Å²) in [5.41, 5.74) is 1.32. The first-order valence-corrected chi connectivity index (χ1v) is 12.4. The molecule has 0 unspecified atom stereocenters. The predicted molar refractivity (Wildman–Crippen MR) is 145 cm³/mol. The molecule has 33 heavy (non-hydrogen) atoms. The number of piperidine rings is 1. The summed E-state index contributed by atoms with van der Waals surface area (Å²) in [6.45, 7) is 7.15. The standard InChI is InChI=1S/C25H42N4O3.HI/c1-3-26-24(27-19-21-10-11-22(32-17-16-30)23(18-21)31-2)28-20-25(12-6-4-7-13-25)29-14-8-5-9-15-29;/h10-11,18,30H,3-9,12-17,19-20H2,1-2H3,(H2,26,27,28);1H. The minimum atomic E-state index is -0.0220. The number of benzene rings is 1. The van der Waals surface area contributed by atoms with Crippen LogP contribution in [0, 0.1) is 0 Å². The van der Waals surface area contributed by atoms with Crippen LogP contribution in [0.4, 0.5) is 0 Å². The zero-order valence-electron chi connectivity index (χ0n) is 20.4. The first kappa shape index (κ1) is 28.0. The molecule has 0 radical (unpaired) electrons. The van der Waals surface area contributed by atoms with E-state index >= 15 is 0 Å². The van der Waals surface area contributed by atoms with Crippen molar-refractivity contribution < 1.29 is 14.6 Å². The average Bonchev–Trinajstić information content (AvgIpc) is 2.85. The number of rotatable bonds is 10. The summed E-state index contributed by atoms with van der Waals surface area (Å²) in [5.74, 6) is 2.17. The van der Waals surface area contributed by atoms with Gasteiger partial charge in [-0.25, -0.2) is 4.99 Å². The summed E-state index contributed by atoms with van der Waals surface area (Å²) in [6, 6.07) is 5.84. The van der Waals surface area contributed by atoms with Crippen LogP contribution in [-0.4, -0.2) is 68.0 Å². The van der Waals surface area contributed by atoms with Gasteiger partial charge >= 0.3 is 0 Å². The van der Waals surface area contributed by atoms with Gasteiger partial charge in [0.1, 0.15) is 6.61 Å². The van der Waals surface area contributed by atoms with Crippen LogP contribution in [0.1, 0.15) is 63.9 Å². The molecule has 1 heterocycles. The van der Waals surface area contributed by atoms with E-state index < -0.39 is 0 Å². The fourth-order valence-electron chi connectivity index (χ4n) is 5.03. The van der Waals surface area contributed by atoms with Crippen molar-refractivity contribution in [3.05, 3.63) is 23.8 Å². The summed E-state index contributed by atoms with van der Waals surface area (Å²) in [5, 5.41) is 16.1. The molecular formula is C25H43IN4O3. The van der Waals surface area contributed by atoms with Gasteiger partial charge in [-0.1, -0.05) is 31.7 Å². The average molecular weight is 575 g/mol. The van der Waals surface area contributed by atoms with Crippen molar-refractivity contribution in [2.45, 2.75) is 70.4 Å². The zero-order chi connectivity index (χ0) is 22.7. The monoisotopic (exact) mass is 574 g/mol. The minimum absolute atomic E-state index is 0. The number of nitrogens with one attached hydrogen (secondary N) is 2. The normalized spacial score (nSPS) is 18.8. The largest absolute Gasteiger partial charge is 0.493 e. The number of aliphatic imine (C=N–C) groups is 1. The minimum Gasteiger partial charge on any atom is -0.493 e. The number of aliphatic hydroxyl groups is 1. The van der Waals surface area contributed by atoms with E-state index in [2.05, 4.69) is 22.5 Å². The summed E-state index contributed by atoms with van der Waals surface area (Å²) in [6.07, 6.45) is 10.6. The van der Waals surface area contributed by atoms with Gasteiger partial charge in [0.15, 0.2) is 17.5 Å². The maximum absolute atomic E-state index is 8.99. The number of aliphatic hydroxyl groups excluding tert-OH is 1. The molecule has 0 bridgehead atoms. The fraction of sp³-hybridized carbons (Fsp3) is 0.720. The third-order valence-corrected chi connectivity index (χ3v) is 6.74. The van der Waals surface area contributed by atoms with Gasteiger partial charge in [0.25, 0.3) is 0 Å². The van der Waals surface area contributed by atoms with Crippen molar-refractivity contribution in [3.63, 3.8) is 0 Å². The quantitative estimate of drug-likeness (QED) is 0.224. The second-order valence-corrected chi connectivity index (χ2v) is 8.94. The van der Waals surface area contributed by atoms with Crippen molar-refractivity contribution in [1.29, 1.82) is 0 Å². The van der Waals surface area contributed by atoms with Crippen LogP contribution >= 0.6 is 24.0 Å². The second-order valence-electron chi connectivity index (χ2n) is 8.94. The molecule has 8 heteroatoms. The van der Waals surface area contributed by atoms with Crippen molar-refractivity contribution in [1.82, 2.24) is 15.5 Å². The molecule has 2 aliphatic rings. The highest BCUT2D eigenvalue weighted by molar-refractivity contribution is 14.0. The lowest BCUT2D eigenvalue weighted by Crippen LogP contribution is -2.59. The van der Waals surface area contributed by atoms with E-state index in [9.17, 15) is 0 Å². The molecule has 1 aromatic carbocycles. The molecule has 1 aromatic rings. The second kappa shape index (κ2) is 14.9. The smallest absolute Gasteiger partial charge is 0.191 e. The molecule has 188 valence electrons. The molecule has 1 aliphatic carbocycles. The lowest BCUT2D eigenvalue weighted by molar-refractivity contribution is 0.0368. The lowest BCUT2D eigenvalue weighted by atomic mass is 9.79. The molecule has 3 N–H and O–H groups in total. The molecule has 1 aliphatic heterocycles. The summed E-state index contributed by atoms with van der Waals surface area (Å²) < 4.78 is 11.0. The summed E-state index contributed by atoms with van der Waals surface area (Å²) in [4.78, 5) is 7.62. The first-order chi connectivity index (χ1) is 15.7. The number of hydrogen-bond donors (Lipinski definition) is 3. The molecule has 1 saturated carbocycles. The molecule has 0 amide bonds. The molecular weight excluding hydrogens is 531 g/mol. The highest BCUT2D eigenvalue weighted by Crippen LogP contribution is 2.35. The summed E-state index contributed by atoms with van der Waals surface area (Å²) >= 11 is 0. The Labute approximate surface area is 216 Å². The Kier molecular flexibility index (Phi) is 12.6. The molecule has 0 spiro atoms. The summed E-state index contributed by atoms with van der Waals surface area (Å²) in [7, 11) is 1.63. The van der Waals surface area contributed by atoms with Crippen molar-refractivity contribution in [2.75, 3.05) is 46.5 Å². The predicted octanol–water partition coefficient (Wildman–Crippen LogP) is 3.93. The third-order valence-electron chi connectivity index (χ3n) is 6.74. The van der Waals surface area contributed by atoms with Crippen LogP contribution in [0.15, 0.2) is 23.2 Å². The first-order valence-electron chi connectivity index (χ1n) is 12.4. The van der Waals surface area contributed by atoms with Crippen LogP contribution in [-0.2, 0) is 6.54 Å². The number of methoxy groups -OCH3 is 1. The van der Waals surface area contributed by atoms with E-state index in [4.69, 9.17) is 19.6 Å². The Hall–Kier alpha value is -1.26. The highest BCUT2D eigenvalue weighted by atomic mass is 127. The maximum Gasteiger partial charge on any atom is 0.191 e. The zero-order valence-corrected chi connectivity index (χ0v) is 22.7. The number of ether oxygens (including phenoxy) is 2. The molecule has 0 aromatic heterocycles. The maximum atomic E-state index is 8.99. The van der Waals surface area contributed by atoms with E-state index in [1.54, 1.807) is 7.11 Å². The van der Waals surface area contributed by atoms with Crippen LogP contribution in [0.2, 0.25) is 0 Å². The Bertz CT molecular complexity index is 720. The fourth-order valence-corrected chi connectivity index (χ4v) is 5.03. The Balaban J connectivity index is 0.00000385. The van der Waals surface area contributed by atoms with E-state index in [0.717, 1.165) is 24.6 Å². The van der Waals surface area contributed by atoms with Gasteiger partial charge in [-0.3, -0.25) is 4.90 Å². The topological polar surface area (TPSA) is 78.4 Å². The SMILES string of the molecule is CCNC(=NCc1ccc(OCCO)c(OC)c1)NCC1(N2CCCCC2)CCCCC1.I.